The number of ether oxygens (including phenoxy) is 5. The maximum atomic E-state index is 11.9. The second-order valence-electron chi connectivity index (χ2n) is 7.25. The first-order chi connectivity index (χ1) is 15.6. The molecule has 0 aliphatic carbocycles. The first-order valence-corrected chi connectivity index (χ1v) is 9.93. The molecule has 5 unspecified atom stereocenters. The molecule has 2 heterocycles. The standard InChI is InChI=1S/C20H23N3O10/c1-9(24)21-17-19(30-12(4)27)18(29-11(3)26)16(8-28-10(2)25)32-20(17)31-13-5-6-14-15(7-13)23-33-22-14/h5-7,16-20H,8H2,1-4H3,(H,21,24). The number of carbonyl (C=O) groups is 4. The second-order valence-corrected chi connectivity index (χ2v) is 7.25. The van der Waals surface area contributed by atoms with Crippen LogP contribution in [0.1, 0.15) is 27.7 Å². The van der Waals surface area contributed by atoms with E-state index in [4.69, 9.17) is 23.7 Å². The zero-order valence-corrected chi connectivity index (χ0v) is 18.3. The predicted octanol–water partition coefficient (Wildman–Crippen LogP) is 0.258. The lowest BCUT2D eigenvalue weighted by Crippen LogP contribution is -2.67. The number of hydrogen-bond donors (Lipinski definition) is 1. The highest BCUT2D eigenvalue weighted by molar-refractivity contribution is 5.75. The van der Waals surface area contributed by atoms with E-state index in [0.717, 1.165) is 13.8 Å². The summed E-state index contributed by atoms with van der Waals surface area (Å²) in [6.45, 7) is 4.44. The van der Waals surface area contributed by atoms with Crippen molar-refractivity contribution in [3.63, 3.8) is 0 Å². The molecular formula is C20H23N3O10. The van der Waals surface area contributed by atoms with Crippen LogP contribution < -0.4 is 10.1 Å². The molecule has 1 aromatic carbocycles. The van der Waals surface area contributed by atoms with Crippen molar-refractivity contribution in [1.29, 1.82) is 0 Å². The molecule has 33 heavy (non-hydrogen) atoms. The number of nitrogens with zero attached hydrogens (tertiary/aromatic N) is 2. The highest BCUT2D eigenvalue weighted by Gasteiger charge is 2.52. The van der Waals surface area contributed by atoms with Crippen molar-refractivity contribution >= 4 is 34.8 Å². The molecule has 178 valence electrons. The van der Waals surface area contributed by atoms with E-state index in [1.165, 1.54) is 19.9 Å². The van der Waals surface area contributed by atoms with Crippen molar-refractivity contribution in [2.75, 3.05) is 6.61 Å². The van der Waals surface area contributed by atoms with Gasteiger partial charge in [0, 0.05) is 33.8 Å². The lowest BCUT2D eigenvalue weighted by atomic mass is 9.96. The van der Waals surface area contributed by atoms with Crippen LogP contribution in [0.2, 0.25) is 0 Å². The number of rotatable bonds is 7. The Hall–Kier alpha value is -3.74. The van der Waals surface area contributed by atoms with Gasteiger partial charge in [-0.25, -0.2) is 4.63 Å². The summed E-state index contributed by atoms with van der Waals surface area (Å²) in [6, 6.07) is 3.61. The topological polar surface area (TPSA) is 165 Å². The van der Waals surface area contributed by atoms with Crippen LogP contribution in [0.25, 0.3) is 11.0 Å². The first-order valence-electron chi connectivity index (χ1n) is 9.93. The molecule has 1 amide bonds. The quantitative estimate of drug-likeness (QED) is 0.438. The average Bonchev–Trinajstić information content (AvgIpc) is 3.18. The van der Waals surface area contributed by atoms with Gasteiger partial charge < -0.3 is 29.0 Å². The fourth-order valence-corrected chi connectivity index (χ4v) is 3.36. The smallest absolute Gasteiger partial charge is 0.303 e. The van der Waals surface area contributed by atoms with Crippen LogP contribution in [-0.2, 0) is 38.1 Å². The van der Waals surface area contributed by atoms with Crippen LogP contribution in [0.3, 0.4) is 0 Å². The minimum absolute atomic E-state index is 0.275. The Labute approximate surface area is 187 Å². The highest BCUT2D eigenvalue weighted by Crippen LogP contribution is 2.30. The van der Waals surface area contributed by atoms with Crippen molar-refractivity contribution in [3.05, 3.63) is 18.2 Å². The Kier molecular flexibility index (Phi) is 7.43. The van der Waals surface area contributed by atoms with E-state index in [2.05, 4.69) is 20.3 Å². The summed E-state index contributed by atoms with van der Waals surface area (Å²) in [6.07, 6.45) is -4.73. The number of carbonyl (C=O) groups excluding carboxylic acids is 4. The molecule has 0 bridgehead atoms. The molecule has 2 aromatic rings. The third-order valence-electron chi connectivity index (χ3n) is 4.55. The van der Waals surface area contributed by atoms with Gasteiger partial charge in [0.2, 0.25) is 12.2 Å². The third-order valence-corrected chi connectivity index (χ3v) is 4.55. The van der Waals surface area contributed by atoms with Crippen LogP contribution in [0.4, 0.5) is 0 Å². The largest absolute Gasteiger partial charge is 0.463 e. The summed E-state index contributed by atoms with van der Waals surface area (Å²) < 4.78 is 32.3. The summed E-state index contributed by atoms with van der Waals surface area (Å²) in [7, 11) is 0. The number of nitrogens with one attached hydrogen (secondary N) is 1. The van der Waals surface area contributed by atoms with Gasteiger partial charge in [-0.3, -0.25) is 19.2 Å². The monoisotopic (exact) mass is 465 g/mol. The molecule has 1 aromatic heterocycles. The van der Waals surface area contributed by atoms with Crippen molar-refractivity contribution < 1.29 is 47.5 Å². The molecule has 0 spiro atoms. The number of fused-ring (bicyclic) bond motifs is 1. The molecule has 1 aliphatic heterocycles. The van der Waals surface area contributed by atoms with Crippen molar-refractivity contribution in [1.82, 2.24) is 15.6 Å². The van der Waals surface area contributed by atoms with Crippen LogP contribution >= 0.6 is 0 Å². The van der Waals surface area contributed by atoms with E-state index in [9.17, 15) is 19.2 Å². The van der Waals surface area contributed by atoms with Gasteiger partial charge in [0.1, 0.15) is 35.5 Å². The van der Waals surface area contributed by atoms with E-state index in [1.54, 1.807) is 12.1 Å². The van der Waals surface area contributed by atoms with Gasteiger partial charge in [0.25, 0.3) is 0 Å². The minimum Gasteiger partial charge on any atom is -0.463 e. The Bertz CT molecular complexity index is 1040. The molecule has 1 saturated heterocycles. The van der Waals surface area contributed by atoms with Crippen molar-refractivity contribution in [3.8, 4) is 5.75 Å². The molecule has 1 fully saturated rings. The van der Waals surface area contributed by atoms with Gasteiger partial charge in [-0.05, 0) is 22.4 Å². The molecule has 1 N–H and O–H groups in total. The molecule has 13 nitrogen and oxygen atoms in total. The van der Waals surface area contributed by atoms with Crippen LogP contribution in [-0.4, -0.2) is 71.4 Å². The molecule has 1 aliphatic rings. The average molecular weight is 465 g/mol. The molecular weight excluding hydrogens is 442 g/mol. The van der Waals surface area contributed by atoms with Gasteiger partial charge in [0.05, 0.1) is 0 Å². The number of esters is 3. The van der Waals surface area contributed by atoms with Crippen molar-refractivity contribution in [2.45, 2.75) is 58.3 Å². The summed E-state index contributed by atoms with van der Waals surface area (Å²) in [5, 5.41) is 10.1. The maximum Gasteiger partial charge on any atom is 0.303 e. The summed E-state index contributed by atoms with van der Waals surface area (Å²) >= 11 is 0. The fourth-order valence-electron chi connectivity index (χ4n) is 3.36. The summed E-state index contributed by atoms with van der Waals surface area (Å²) in [5.74, 6) is -2.20. The molecule has 13 heteroatoms. The zero-order valence-electron chi connectivity index (χ0n) is 18.3. The Balaban J connectivity index is 1.97. The number of hydrogen-bond acceptors (Lipinski definition) is 12. The molecule has 5 atom stereocenters. The lowest BCUT2D eigenvalue weighted by Gasteiger charge is -2.44. The maximum absolute atomic E-state index is 11.9. The van der Waals surface area contributed by atoms with Gasteiger partial charge in [-0.15, -0.1) is 0 Å². The predicted molar refractivity (Wildman–Crippen MR) is 106 cm³/mol. The Morgan fingerprint density at radius 1 is 0.939 bits per heavy atom. The van der Waals surface area contributed by atoms with Gasteiger partial charge >= 0.3 is 17.9 Å². The van der Waals surface area contributed by atoms with Gasteiger partial charge in [-0.2, -0.15) is 0 Å². The SMILES string of the molecule is CC(=O)NC1C(Oc2ccc3nonc3c2)OC(COC(C)=O)C(OC(C)=O)C1OC(C)=O. The van der Waals surface area contributed by atoms with E-state index in [-0.39, 0.29) is 12.4 Å². The van der Waals surface area contributed by atoms with E-state index >= 15 is 0 Å². The first kappa shape index (κ1) is 23.9. The summed E-state index contributed by atoms with van der Waals surface area (Å²) in [4.78, 5) is 46.9. The van der Waals surface area contributed by atoms with Crippen LogP contribution in [0, 0.1) is 0 Å². The third kappa shape index (κ3) is 6.16. The zero-order chi connectivity index (χ0) is 24.1. The minimum atomic E-state index is -1.23. The fraction of sp³-hybridized carbons (Fsp3) is 0.500. The van der Waals surface area contributed by atoms with Gasteiger partial charge in [-0.1, -0.05) is 0 Å². The second kappa shape index (κ2) is 10.3. The van der Waals surface area contributed by atoms with Crippen LogP contribution in [0.15, 0.2) is 22.8 Å². The highest BCUT2D eigenvalue weighted by atomic mass is 16.7. The van der Waals surface area contributed by atoms with E-state index in [1.807, 2.05) is 0 Å². The number of aromatic nitrogens is 2. The normalized spacial score (nSPS) is 24.5. The number of benzene rings is 1. The van der Waals surface area contributed by atoms with Crippen molar-refractivity contribution in [2.24, 2.45) is 0 Å². The lowest BCUT2D eigenvalue weighted by molar-refractivity contribution is -0.257. The van der Waals surface area contributed by atoms with Crippen LogP contribution in [0.5, 0.6) is 5.75 Å². The van der Waals surface area contributed by atoms with Gasteiger partial charge in [0.15, 0.2) is 12.2 Å². The molecule has 3 rings (SSSR count). The summed E-state index contributed by atoms with van der Waals surface area (Å²) in [5.41, 5.74) is 0.899. The number of amides is 1. The Morgan fingerprint density at radius 2 is 1.61 bits per heavy atom. The van der Waals surface area contributed by atoms with E-state index < -0.39 is 54.5 Å². The molecule has 0 radical (unpaired) electrons. The van der Waals surface area contributed by atoms with E-state index in [0.29, 0.717) is 11.0 Å². The molecule has 0 saturated carbocycles. The Morgan fingerprint density at radius 3 is 2.24 bits per heavy atom.